The van der Waals surface area contributed by atoms with Gasteiger partial charge < -0.3 is 53.4 Å². The van der Waals surface area contributed by atoms with Gasteiger partial charge in [0.05, 0.1) is 37.1 Å². The third-order valence-electron chi connectivity index (χ3n) is 2.97. The van der Waals surface area contributed by atoms with E-state index in [0.717, 1.165) is 0 Å². The van der Waals surface area contributed by atoms with E-state index in [4.69, 9.17) is 22.9 Å². The van der Waals surface area contributed by atoms with Crippen LogP contribution in [0.15, 0.2) is 0 Å². The van der Waals surface area contributed by atoms with Crippen molar-refractivity contribution in [2.45, 2.75) is 37.8 Å². The zero-order valence-corrected chi connectivity index (χ0v) is 18.6. The molecule has 0 bridgehead atoms. The molecular formula is C14H24N6O8Zn. The fraction of sp³-hybridized carbons (Fsp3) is 0.571. The van der Waals surface area contributed by atoms with Crippen molar-refractivity contribution in [1.82, 2.24) is 10.6 Å². The van der Waals surface area contributed by atoms with Gasteiger partial charge in [-0.2, -0.15) is 0 Å². The second-order valence-corrected chi connectivity index (χ2v) is 5.30. The van der Waals surface area contributed by atoms with Crippen molar-refractivity contribution in [3.05, 3.63) is 0 Å². The largest absolute Gasteiger partial charge is 2.00 e. The summed E-state index contributed by atoms with van der Waals surface area (Å²) in [6, 6.07) is -2.45. The number of hydrogen-bond donors (Lipinski definition) is 6. The van der Waals surface area contributed by atoms with Crippen LogP contribution in [-0.4, -0.2) is 60.7 Å². The van der Waals surface area contributed by atoms with Gasteiger partial charge in [0.25, 0.3) is 0 Å². The van der Waals surface area contributed by atoms with Gasteiger partial charge in [0.1, 0.15) is 0 Å². The van der Waals surface area contributed by atoms with E-state index in [1.807, 2.05) is 0 Å². The van der Waals surface area contributed by atoms with Crippen molar-refractivity contribution < 1.29 is 58.5 Å². The Hall–Kier alpha value is -2.64. The number of carboxylic acid groups (broad SMARTS) is 2. The summed E-state index contributed by atoms with van der Waals surface area (Å²) in [7, 11) is 0. The van der Waals surface area contributed by atoms with Gasteiger partial charge in [-0.25, -0.2) is 0 Å². The summed E-state index contributed by atoms with van der Waals surface area (Å²) in [5, 5.41) is 25.1. The minimum atomic E-state index is -1.46. The topological polar surface area (TPSA) is 277 Å². The number of nitrogens with two attached hydrogens (primary N) is 4. The normalized spacial score (nSPS) is 11.4. The molecule has 2 unspecified atom stereocenters. The summed E-state index contributed by atoms with van der Waals surface area (Å²) in [5.74, 6) is -5.45. The van der Waals surface area contributed by atoms with E-state index >= 15 is 0 Å². The van der Waals surface area contributed by atoms with Gasteiger partial charge in [-0.15, -0.1) is 0 Å². The molecule has 0 saturated carbocycles. The van der Waals surface area contributed by atoms with Crippen molar-refractivity contribution in [2.24, 2.45) is 22.9 Å². The maximum absolute atomic E-state index is 10.7. The van der Waals surface area contributed by atoms with Gasteiger partial charge in [-0.1, -0.05) is 0 Å². The van der Waals surface area contributed by atoms with Crippen LogP contribution >= 0.6 is 0 Å². The molecule has 0 heterocycles. The van der Waals surface area contributed by atoms with Crippen LogP contribution in [0.4, 0.5) is 0 Å². The SMILES string of the molecule is NCC(=O)NC(CCC(N)=O)C(=O)[O-].NCC(=O)NC(CCC(N)=O)C(=O)[O-].[Zn+2]. The molecule has 0 aromatic heterocycles. The van der Waals surface area contributed by atoms with Crippen LogP contribution in [0.25, 0.3) is 0 Å². The number of aliphatic carboxylic acids is 2. The quantitative estimate of drug-likeness (QED) is 0.147. The molecular weight excluding hydrogens is 446 g/mol. The van der Waals surface area contributed by atoms with Crippen molar-refractivity contribution in [3.8, 4) is 0 Å². The average molecular weight is 470 g/mol. The van der Waals surface area contributed by atoms with Gasteiger partial charge in [-0.3, -0.25) is 19.2 Å². The number of amides is 4. The Kier molecular flexibility index (Phi) is 18.7. The number of carboxylic acids is 2. The molecule has 15 heteroatoms. The minimum Gasteiger partial charge on any atom is -0.548 e. The van der Waals surface area contributed by atoms with E-state index in [2.05, 4.69) is 10.6 Å². The fourth-order valence-electron chi connectivity index (χ4n) is 1.58. The monoisotopic (exact) mass is 468 g/mol. The van der Waals surface area contributed by atoms with Gasteiger partial charge in [0.2, 0.25) is 23.6 Å². The first-order chi connectivity index (χ1) is 12.9. The van der Waals surface area contributed by atoms with Gasteiger partial charge in [0, 0.05) is 12.8 Å². The molecule has 4 amide bonds. The Morgan fingerprint density at radius 2 is 0.966 bits per heavy atom. The van der Waals surface area contributed by atoms with E-state index in [-0.39, 0.29) is 58.3 Å². The third-order valence-corrected chi connectivity index (χ3v) is 2.97. The number of nitrogens with one attached hydrogen (secondary N) is 2. The molecule has 0 radical (unpaired) electrons. The van der Waals surface area contributed by atoms with Crippen molar-refractivity contribution in [2.75, 3.05) is 13.1 Å². The summed E-state index contributed by atoms with van der Waals surface area (Å²) in [4.78, 5) is 63.1. The molecule has 0 saturated heterocycles. The average Bonchev–Trinajstić information content (AvgIpc) is 2.61. The van der Waals surface area contributed by atoms with Crippen molar-refractivity contribution in [1.29, 1.82) is 0 Å². The Morgan fingerprint density at radius 3 is 1.14 bits per heavy atom. The molecule has 160 valence electrons. The Morgan fingerprint density at radius 1 is 0.690 bits per heavy atom. The Bertz CT molecular complexity index is 538. The number of hydrogen-bond acceptors (Lipinski definition) is 10. The van der Waals surface area contributed by atoms with E-state index in [1.54, 1.807) is 0 Å². The molecule has 0 aliphatic heterocycles. The number of carbonyl (C=O) groups excluding carboxylic acids is 6. The molecule has 0 aromatic carbocycles. The Labute approximate surface area is 178 Å². The first kappa shape index (κ1) is 31.1. The molecule has 0 aliphatic carbocycles. The van der Waals surface area contributed by atoms with Crippen molar-refractivity contribution >= 4 is 35.6 Å². The summed E-state index contributed by atoms with van der Waals surface area (Å²) in [6.07, 6.45) is -0.459. The third kappa shape index (κ3) is 18.5. The smallest absolute Gasteiger partial charge is 0.548 e. The van der Waals surface area contributed by atoms with Gasteiger partial charge in [-0.05, 0) is 12.8 Å². The van der Waals surface area contributed by atoms with E-state index in [1.165, 1.54) is 0 Å². The molecule has 0 fully saturated rings. The molecule has 0 aliphatic rings. The van der Waals surface area contributed by atoms with E-state index in [0.29, 0.717) is 0 Å². The number of primary amides is 2. The summed E-state index contributed by atoms with van der Waals surface area (Å²) in [6.45, 7) is -0.638. The molecule has 0 spiro atoms. The predicted octanol–water partition coefficient (Wildman–Crippen LogP) is -7.11. The minimum absolute atomic E-state index is 0. The van der Waals surface area contributed by atoms with Crippen LogP contribution in [0.1, 0.15) is 25.7 Å². The number of rotatable bonds is 12. The summed E-state index contributed by atoms with van der Waals surface area (Å²) in [5.41, 5.74) is 19.5. The summed E-state index contributed by atoms with van der Waals surface area (Å²) < 4.78 is 0. The second kappa shape index (κ2) is 17.5. The van der Waals surface area contributed by atoms with Crippen LogP contribution in [-0.2, 0) is 48.2 Å². The van der Waals surface area contributed by atoms with Gasteiger partial charge in [0.15, 0.2) is 0 Å². The fourth-order valence-corrected chi connectivity index (χ4v) is 1.58. The molecule has 14 nitrogen and oxygen atoms in total. The standard InChI is InChI=1S/2C7H13N3O4.Zn/c2*8-3-6(12)10-4(7(13)14)1-2-5(9)11;/h2*4H,1-3,8H2,(H2,9,11)(H,10,12)(H,13,14);/q;;+2/p-2. The Balaban J connectivity index is -0.000000451. The predicted molar refractivity (Wildman–Crippen MR) is 88.8 cm³/mol. The van der Waals surface area contributed by atoms with Crippen LogP contribution in [0.3, 0.4) is 0 Å². The van der Waals surface area contributed by atoms with E-state index in [9.17, 15) is 39.0 Å². The van der Waals surface area contributed by atoms with Crippen LogP contribution in [0.2, 0.25) is 0 Å². The van der Waals surface area contributed by atoms with Crippen LogP contribution in [0.5, 0.6) is 0 Å². The number of carbonyl (C=O) groups is 6. The molecule has 2 atom stereocenters. The van der Waals surface area contributed by atoms with E-state index < -0.39 is 47.7 Å². The maximum atomic E-state index is 10.7. The summed E-state index contributed by atoms with van der Waals surface area (Å²) >= 11 is 0. The zero-order chi connectivity index (χ0) is 22.3. The zero-order valence-electron chi connectivity index (χ0n) is 15.7. The second-order valence-electron chi connectivity index (χ2n) is 5.30. The van der Waals surface area contributed by atoms with Crippen LogP contribution in [0, 0.1) is 0 Å². The molecule has 29 heavy (non-hydrogen) atoms. The molecule has 0 aromatic rings. The maximum Gasteiger partial charge on any atom is 2.00 e. The first-order valence-corrected chi connectivity index (χ1v) is 7.91. The van der Waals surface area contributed by atoms with Crippen molar-refractivity contribution in [3.63, 3.8) is 0 Å². The van der Waals surface area contributed by atoms with Crippen LogP contribution < -0.4 is 43.8 Å². The first-order valence-electron chi connectivity index (χ1n) is 7.91. The molecule has 0 rings (SSSR count). The molecule has 10 N–H and O–H groups in total. The van der Waals surface area contributed by atoms with Gasteiger partial charge >= 0.3 is 19.5 Å².